The second-order valence-corrected chi connectivity index (χ2v) is 6.17. The molecule has 23 heavy (non-hydrogen) atoms. The van der Waals surface area contributed by atoms with Gasteiger partial charge in [0, 0.05) is 7.11 Å². The molecule has 2 atom stereocenters. The maximum Gasteiger partial charge on any atom is 0.410 e. The molecular weight excluding hydrogens is 328 g/mol. The number of hydrogen-bond donors (Lipinski definition) is 2. The number of alkyl carbamates (subject to hydrolysis) is 1. The van der Waals surface area contributed by atoms with Gasteiger partial charge in [0.05, 0.1) is 0 Å². The first-order valence-electron chi connectivity index (χ1n) is 6.57. The van der Waals surface area contributed by atoms with Crippen molar-refractivity contribution in [3.63, 3.8) is 0 Å². The molecule has 9 nitrogen and oxygen atoms in total. The summed E-state index contributed by atoms with van der Waals surface area (Å²) in [7, 11) is -3.59. The summed E-state index contributed by atoms with van der Waals surface area (Å²) in [6.45, 7) is 1.27. The van der Waals surface area contributed by atoms with Crippen molar-refractivity contribution in [3.8, 4) is 0 Å². The lowest BCUT2D eigenvalue weighted by molar-refractivity contribution is -0.189. The molecule has 1 saturated heterocycles. The fourth-order valence-corrected chi connectivity index (χ4v) is 3.19. The van der Waals surface area contributed by atoms with E-state index in [1.54, 1.807) is 24.3 Å². The van der Waals surface area contributed by atoms with E-state index in [0.717, 1.165) is 12.7 Å². The quantitative estimate of drug-likeness (QED) is 0.447. The summed E-state index contributed by atoms with van der Waals surface area (Å²) in [6, 6.07) is 7.72. The molecule has 0 bridgehead atoms. The first-order chi connectivity index (χ1) is 10.7. The number of nitrogens with one attached hydrogen (secondary N) is 1. The van der Waals surface area contributed by atoms with Crippen molar-refractivity contribution in [1.82, 2.24) is 9.62 Å². The van der Waals surface area contributed by atoms with Crippen molar-refractivity contribution in [2.24, 2.45) is 0 Å². The highest BCUT2D eigenvalue weighted by Crippen LogP contribution is 2.33. The predicted octanol–water partition coefficient (Wildman–Crippen LogP) is 0.289. The Bertz CT molecular complexity index is 706. The molecule has 1 aliphatic rings. The molecule has 1 aromatic rings. The molecule has 10 heteroatoms. The highest BCUT2D eigenvalue weighted by molar-refractivity contribution is 7.84. The second kappa shape index (κ2) is 6.14. The molecule has 126 valence electrons. The van der Waals surface area contributed by atoms with Gasteiger partial charge < -0.3 is 9.47 Å². The van der Waals surface area contributed by atoms with Crippen LogP contribution in [-0.4, -0.2) is 48.2 Å². The van der Waals surface area contributed by atoms with Crippen LogP contribution in [0.5, 0.6) is 0 Å². The van der Waals surface area contributed by atoms with Gasteiger partial charge >= 0.3 is 16.4 Å². The number of carbonyl (C=O) groups excluding carboxylic acids is 2. The van der Waals surface area contributed by atoms with Crippen LogP contribution in [-0.2, 0) is 31.2 Å². The van der Waals surface area contributed by atoms with Gasteiger partial charge in [-0.1, -0.05) is 30.3 Å². The van der Waals surface area contributed by atoms with E-state index < -0.39 is 34.1 Å². The van der Waals surface area contributed by atoms with Crippen LogP contribution >= 0.6 is 0 Å². The number of carbonyl (C=O) groups is 2. The highest BCUT2D eigenvalue weighted by atomic mass is 32.2. The molecule has 2 N–H and O–H groups in total. The average Bonchev–Trinajstić information content (AvgIpc) is 2.50. The SMILES string of the molecule is CO[C@]1(NC(=O)OCc2ccccc2)C(=O)N(S(=O)(=O)O)C1C. The van der Waals surface area contributed by atoms with E-state index in [-0.39, 0.29) is 10.9 Å². The van der Waals surface area contributed by atoms with E-state index >= 15 is 0 Å². The van der Waals surface area contributed by atoms with E-state index in [9.17, 15) is 18.0 Å². The summed E-state index contributed by atoms with van der Waals surface area (Å²) in [6.07, 6.45) is -0.953. The van der Waals surface area contributed by atoms with Crippen LogP contribution in [0.2, 0.25) is 0 Å². The number of methoxy groups -OCH3 is 1. The monoisotopic (exact) mass is 344 g/mol. The lowest BCUT2D eigenvalue weighted by atomic mass is 9.95. The highest BCUT2D eigenvalue weighted by Gasteiger charge is 2.65. The van der Waals surface area contributed by atoms with E-state index in [0.29, 0.717) is 0 Å². The van der Waals surface area contributed by atoms with Crippen molar-refractivity contribution in [2.75, 3.05) is 7.11 Å². The molecule has 2 rings (SSSR count). The first-order valence-corrected chi connectivity index (χ1v) is 7.97. The topological polar surface area (TPSA) is 122 Å². The standard InChI is InChI=1S/C13H16N2O7S/c1-9-13(21-2,11(16)15(9)23(18,19)20)14-12(17)22-8-10-6-4-3-5-7-10/h3-7,9H,8H2,1-2H3,(H,14,17)(H,18,19,20)/t9?,13-/m0/s1. The van der Waals surface area contributed by atoms with Gasteiger partial charge in [-0.05, 0) is 12.5 Å². The smallest absolute Gasteiger partial charge is 0.410 e. The van der Waals surface area contributed by atoms with Crippen LogP contribution in [0.4, 0.5) is 4.79 Å². The number of nitrogens with zero attached hydrogens (tertiary/aromatic N) is 1. The third kappa shape index (κ3) is 3.14. The molecule has 1 unspecified atom stereocenters. The molecule has 0 saturated carbocycles. The number of hydrogen-bond acceptors (Lipinski definition) is 6. The van der Waals surface area contributed by atoms with Crippen molar-refractivity contribution in [3.05, 3.63) is 35.9 Å². The van der Waals surface area contributed by atoms with Crippen molar-refractivity contribution >= 4 is 22.3 Å². The number of rotatable bonds is 5. The number of ether oxygens (including phenoxy) is 2. The molecule has 0 aromatic heterocycles. The van der Waals surface area contributed by atoms with Gasteiger partial charge in [0.2, 0.25) is 5.72 Å². The van der Waals surface area contributed by atoms with Gasteiger partial charge in [0.25, 0.3) is 5.91 Å². The average molecular weight is 344 g/mol. The number of benzene rings is 1. The van der Waals surface area contributed by atoms with Gasteiger partial charge in [-0.15, -0.1) is 0 Å². The molecule has 1 heterocycles. The number of amides is 2. The van der Waals surface area contributed by atoms with Crippen LogP contribution < -0.4 is 5.32 Å². The second-order valence-electron chi connectivity index (χ2n) is 4.88. The Morgan fingerprint density at radius 1 is 1.39 bits per heavy atom. The summed E-state index contributed by atoms with van der Waals surface area (Å²) >= 11 is 0. The molecule has 2 amide bonds. The van der Waals surface area contributed by atoms with Crippen molar-refractivity contribution < 1.29 is 32.0 Å². The Morgan fingerprint density at radius 2 is 2.00 bits per heavy atom. The zero-order valence-electron chi connectivity index (χ0n) is 12.4. The lowest BCUT2D eigenvalue weighted by Gasteiger charge is -2.50. The molecule has 0 aliphatic carbocycles. The summed E-state index contributed by atoms with van der Waals surface area (Å²) in [5.74, 6) is -1.10. The largest absolute Gasteiger partial charge is 0.445 e. The molecule has 0 radical (unpaired) electrons. The lowest BCUT2D eigenvalue weighted by Crippen LogP contribution is -2.80. The minimum absolute atomic E-state index is 0.0307. The minimum Gasteiger partial charge on any atom is -0.445 e. The summed E-state index contributed by atoms with van der Waals surface area (Å²) in [4.78, 5) is 23.8. The molecule has 0 spiro atoms. The van der Waals surface area contributed by atoms with E-state index in [1.165, 1.54) is 6.92 Å². The third-order valence-electron chi connectivity index (χ3n) is 3.53. The van der Waals surface area contributed by atoms with Gasteiger partial charge in [0.1, 0.15) is 12.6 Å². The Kier molecular flexibility index (Phi) is 4.59. The Morgan fingerprint density at radius 3 is 2.48 bits per heavy atom. The normalized spacial score (nSPS) is 24.0. The van der Waals surface area contributed by atoms with Crippen LogP contribution in [0.3, 0.4) is 0 Å². The van der Waals surface area contributed by atoms with E-state index in [1.807, 2.05) is 6.07 Å². The first kappa shape index (κ1) is 17.2. The maximum absolute atomic E-state index is 12.0. The van der Waals surface area contributed by atoms with Crippen molar-refractivity contribution in [2.45, 2.75) is 25.3 Å². The fraction of sp³-hybridized carbons (Fsp3) is 0.385. The van der Waals surface area contributed by atoms with Gasteiger partial charge in [-0.3, -0.25) is 14.7 Å². The van der Waals surface area contributed by atoms with E-state index in [2.05, 4.69) is 5.32 Å². The maximum atomic E-state index is 12.0. The van der Waals surface area contributed by atoms with Crippen LogP contribution in [0.1, 0.15) is 12.5 Å². The van der Waals surface area contributed by atoms with Gasteiger partial charge in [0.15, 0.2) is 0 Å². The summed E-state index contributed by atoms with van der Waals surface area (Å²) < 4.78 is 41.3. The molecule has 1 aromatic carbocycles. The fourth-order valence-electron chi connectivity index (χ4n) is 2.30. The predicted molar refractivity (Wildman–Crippen MR) is 77.4 cm³/mol. The Labute approximate surface area is 133 Å². The summed E-state index contributed by atoms with van der Waals surface area (Å²) in [5, 5.41) is 2.20. The third-order valence-corrected chi connectivity index (χ3v) is 4.51. The minimum atomic E-state index is -4.72. The van der Waals surface area contributed by atoms with Crippen LogP contribution in [0, 0.1) is 0 Å². The van der Waals surface area contributed by atoms with Gasteiger partial charge in [-0.2, -0.15) is 8.42 Å². The van der Waals surface area contributed by atoms with Gasteiger partial charge in [-0.25, -0.2) is 9.10 Å². The molecule has 1 fully saturated rings. The van der Waals surface area contributed by atoms with Crippen LogP contribution in [0.25, 0.3) is 0 Å². The molecule has 1 aliphatic heterocycles. The number of β-lactam (4-membered cyclic amide) rings is 1. The zero-order valence-corrected chi connectivity index (χ0v) is 13.2. The summed E-state index contributed by atoms with van der Waals surface area (Å²) in [5.41, 5.74) is -1.16. The molecular formula is C13H16N2O7S. The van der Waals surface area contributed by atoms with Crippen LogP contribution in [0.15, 0.2) is 30.3 Å². The van der Waals surface area contributed by atoms with Crippen molar-refractivity contribution in [1.29, 1.82) is 0 Å². The van der Waals surface area contributed by atoms with E-state index in [4.69, 9.17) is 14.0 Å². The Balaban J connectivity index is 2.02. The Hall–Kier alpha value is -2.17. The zero-order chi connectivity index (χ0) is 17.3.